The lowest BCUT2D eigenvalue weighted by atomic mass is 9.91. The SMILES string of the molecule is CCCCCCCCCCCC(CCCCCCCCCCC)C(N)(O)O. The molecule has 0 aliphatic rings. The minimum atomic E-state index is -2.00. The fourth-order valence-corrected chi connectivity index (χ4v) is 3.97. The molecule has 0 saturated carbocycles. The van der Waals surface area contributed by atoms with Gasteiger partial charge in [-0.1, -0.05) is 129 Å². The van der Waals surface area contributed by atoms with Gasteiger partial charge in [0.25, 0.3) is 0 Å². The average molecular weight is 386 g/mol. The van der Waals surface area contributed by atoms with Gasteiger partial charge in [-0.3, -0.25) is 5.73 Å². The van der Waals surface area contributed by atoms with Crippen LogP contribution in [0.25, 0.3) is 0 Å². The van der Waals surface area contributed by atoms with Crippen molar-refractivity contribution in [2.45, 2.75) is 148 Å². The molecule has 0 fully saturated rings. The van der Waals surface area contributed by atoms with Gasteiger partial charge in [0.2, 0.25) is 5.91 Å². The van der Waals surface area contributed by atoms with Crippen LogP contribution >= 0.6 is 0 Å². The molecule has 4 N–H and O–H groups in total. The van der Waals surface area contributed by atoms with Crippen molar-refractivity contribution in [2.24, 2.45) is 11.7 Å². The summed E-state index contributed by atoms with van der Waals surface area (Å²) in [4.78, 5) is 0. The predicted octanol–water partition coefficient (Wildman–Crippen LogP) is 7.04. The number of hydrogen-bond acceptors (Lipinski definition) is 3. The number of hydrogen-bond donors (Lipinski definition) is 3. The zero-order valence-electron chi connectivity index (χ0n) is 18.7. The quantitative estimate of drug-likeness (QED) is 0.147. The van der Waals surface area contributed by atoms with Crippen LogP contribution in [0.5, 0.6) is 0 Å². The molecule has 0 amide bonds. The van der Waals surface area contributed by atoms with Crippen molar-refractivity contribution in [1.29, 1.82) is 0 Å². The number of aliphatic hydroxyl groups is 2. The molecule has 0 aliphatic carbocycles. The van der Waals surface area contributed by atoms with Crippen molar-refractivity contribution in [2.75, 3.05) is 0 Å². The monoisotopic (exact) mass is 385 g/mol. The zero-order chi connectivity index (χ0) is 20.2. The summed E-state index contributed by atoms with van der Waals surface area (Å²) in [6, 6.07) is 0. The molecule has 164 valence electrons. The highest BCUT2D eigenvalue weighted by molar-refractivity contribution is 4.70. The van der Waals surface area contributed by atoms with Gasteiger partial charge in [-0.15, -0.1) is 0 Å². The Kier molecular flexibility index (Phi) is 19.1. The summed E-state index contributed by atoms with van der Waals surface area (Å²) >= 11 is 0. The van der Waals surface area contributed by atoms with E-state index in [-0.39, 0.29) is 5.92 Å². The minimum absolute atomic E-state index is 0.174. The standard InChI is InChI=1S/C24H51NO2/c1-3-5-7-9-11-13-15-17-19-21-23(24(25,26)27)22-20-18-16-14-12-10-8-6-4-2/h23,26-27H,3-22,25H2,1-2H3. The molecule has 3 nitrogen and oxygen atoms in total. The van der Waals surface area contributed by atoms with E-state index < -0.39 is 5.91 Å². The molecular weight excluding hydrogens is 334 g/mol. The second kappa shape index (κ2) is 19.2. The molecule has 0 atom stereocenters. The Morgan fingerprint density at radius 3 is 1.04 bits per heavy atom. The Morgan fingerprint density at radius 1 is 0.519 bits per heavy atom. The Balaban J connectivity index is 3.63. The van der Waals surface area contributed by atoms with E-state index in [4.69, 9.17) is 5.73 Å². The molecule has 0 rings (SSSR count). The van der Waals surface area contributed by atoms with Gasteiger partial charge in [0.1, 0.15) is 0 Å². The van der Waals surface area contributed by atoms with Gasteiger partial charge >= 0.3 is 0 Å². The van der Waals surface area contributed by atoms with Gasteiger partial charge in [0, 0.05) is 5.92 Å². The van der Waals surface area contributed by atoms with Crippen LogP contribution in [-0.4, -0.2) is 16.1 Å². The second-order valence-corrected chi connectivity index (χ2v) is 8.71. The van der Waals surface area contributed by atoms with Crippen LogP contribution in [0.1, 0.15) is 142 Å². The summed E-state index contributed by atoms with van der Waals surface area (Å²) in [7, 11) is 0. The van der Waals surface area contributed by atoms with Crippen molar-refractivity contribution in [3.63, 3.8) is 0 Å². The van der Waals surface area contributed by atoms with E-state index in [1.54, 1.807) is 0 Å². The van der Waals surface area contributed by atoms with Crippen LogP contribution in [-0.2, 0) is 0 Å². The van der Waals surface area contributed by atoms with Crippen LogP contribution < -0.4 is 5.73 Å². The molecule has 0 unspecified atom stereocenters. The van der Waals surface area contributed by atoms with Gasteiger partial charge in [-0.05, 0) is 12.8 Å². The third-order valence-electron chi connectivity index (χ3n) is 5.91. The molecular formula is C24H51NO2. The maximum Gasteiger partial charge on any atom is 0.222 e. The lowest BCUT2D eigenvalue weighted by Crippen LogP contribution is -2.47. The van der Waals surface area contributed by atoms with Crippen molar-refractivity contribution >= 4 is 0 Å². The van der Waals surface area contributed by atoms with Crippen LogP contribution in [0.4, 0.5) is 0 Å². The molecule has 0 radical (unpaired) electrons. The summed E-state index contributed by atoms with van der Waals surface area (Å²) in [5, 5.41) is 19.7. The summed E-state index contributed by atoms with van der Waals surface area (Å²) in [6.45, 7) is 4.51. The van der Waals surface area contributed by atoms with Gasteiger partial charge in [-0.2, -0.15) is 0 Å². The van der Waals surface area contributed by atoms with E-state index in [1.165, 1.54) is 103 Å². The number of unbranched alkanes of at least 4 members (excludes halogenated alkanes) is 16. The Bertz CT molecular complexity index is 267. The summed E-state index contributed by atoms with van der Waals surface area (Å²) in [5.74, 6) is -2.17. The smallest absolute Gasteiger partial charge is 0.222 e. The Labute approximate surface area is 170 Å². The van der Waals surface area contributed by atoms with Crippen LogP contribution in [0.3, 0.4) is 0 Å². The average Bonchev–Trinajstić information content (AvgIpc) is 2.62. The first kappa shape index (κ1) is 26.9. The third kappa shape index (κ3) is 19.0. The van der Waals surface area contributed by atoms with E-state index in [2.05, 4.69) is 13.8 Å². The summed E-state index contributed by atoms with van der Waals surface area (Å²) in [6.07, 6.45) is 24.9. The molecule has 0 saturated heterocycles. The molecule has 0 heterocycles. The molecule has 0 bridgehead atoms. The largest absolute Gasteiger partial charge is 0.353 e. The highest BCUT2D eigenvalue weighted by atomic mass is 16.5. The molecule has 0 aromatic carbocycles. The first-order chi connectivity index (χ1) is 13.0. The Hall–Kier alpha value is -0.120. The maximum absolute atomic E-state index is 9.86. The zero-order valence-corrected chi connectivity index (χ0v) is 18.7. The predicted molar refractivity (Wildman–Crippen MR) is 119 cm³/mol. The van der Waals surface area contributed by atoms with Crippen LogP contribution in [0, 0.1) is 5.92 Å². The number of nitrogens with two attached hydrogens (primary N) is 1. The fourth-order valence-electron chi connectivity index (χ4n) is 3.97. The molecule has 0 aliphatic heterocycles. The summed E-state index contributed by atoms with van der Waals surface area (Å²) < 4.78 is 0. The fraction of sp³-hybridized carbons (Fsp3) is 1.00. The van der Waals surface area contributed by atoms with Gasteiger partial charge < -0.3 is 10.2 Å². The first-order valence-electron chi connectivity index (χ1n) is 12.3. The molecule has 0 aromatic heterocycles. The molecule has 0 aromatic rings. The van der Waals surface area contributed by atoms with E-state index >= 15 is 0 Å². The highest BCUT2D eigenvalue weighted by Crippen LogP contribution is 2.25. The van der Waals surface area contributed by atoms with Crippen LogP contribution in [0.2, 0.25) is 0 Å². The van der Waals surface area contributed by atoms with E-state index in [0.717, 1.165) is 25.7 Å². The molecule has 0 spiro atoms. The van der Waals surface area contributed by atoms with Crippen LogP contribution in [0.15, 0.2) is 0 Å². The van der Waals surface area contributed by atoms with Crippen molar-refractivity contribution in [3.05, 3.63) is 0 Å². The van der Waals surface area contributed by atoms with E-state index in [0.29, 0.717) is 0 Å². The molecule has 3 heteroatoms. The highest BCUT2D eigenvalue weighted by Gasteiger charge is 2.28. The topological polar surface area (TPSA) is 66.5 Å². The lowest BCUT2D eigenvalue weighted by molar-refractivity contribution is -0.199. The maximum atomic E-state index is 9.86. The first-order valence-corrected chi connectivity index (χ1v) is 12.3. The Morgan fingerprint density at radius 2 is 0.778 bits per heavy atom. The van der Waals surface area contributed by atoms with Crippen molar-refractivity contribution < 1.29 is 10.2 Å². The second-order valence-electron chi connectivity index (χ2n) is 8.71. The molecule has 27 heavy (non-hydrogen) atoms. The summed E-state index contributed by atoms with van der Waals surface area (Å²) in [5.41, 5.74) is 5.61. The van der Waals surface area contributed by atoms with Crippen molar-refractivity contribution in [3.8, 4) is 0 Å². The van der Waals surface area contributed by atoms with Gasteiger partial charge in [0.15, 0.2) is 0 Å². The van der Waals surface area contributed by atoms with Crippen molar-refractivity contribution in [1.82, 2.24) is 0 Å². The van der Waals surface area contributed by atoms with E-state index in [9.17, 15) is 10.2 Å². The third-order valence-corrected chi connectivity index (χ3v) is 5.91. The van der Waals surface area contributed by atoms with Gasteiger partial charge in [-0.25, -0.2) is 0 Å². The minimum Gasteiger partial charge on any atom is -0.353 e. The van der Waals surface area contributed by atoms with Gasteiger partial charge in [0.05, 0.1) is 0 Å². The van der Waals surface area contributed by atoms with E-state index in [1.807, 2.05) is 0 Å². The number of rotatable bonds is 21. The normalized spacial score (nSPS) is 12.2. The lowest BCUT2D eigenvalue weighted by Gasteiger charge is -2.27.